The van der Waals surface area contributed by atoms with Crippen LogP contribution < -0.4 is 10.1 Å². The number of aromatic amines is 1. The Morgan fingerprint density at radius 3 is 2.90 bits per heavy atom. The summed E-state index contributed by atoms with van der Waals surface area (Å²) in [5, 5.41) is 4.25. The molecule has 4 heteroatoms. The van der Waals surface area contributed by atoms with Crippen LogP contribution in [0.2, 0.25) is 0 Å². The number of aromatic nitrogens is 1. The van der Waals surface area contributed by atoms with Crippen LogP contribution in [-0.4, -0.2) is 30.5 Å². The normalized spacial score (nSPS) is 16.2. The van der Waals surface area contributed by atoms with E-state index in [1.54, 1.807) is 0 Å². The predicted octanol–water partition coefficient (Wildman–Crippen LogP) is 3.14. The zero-order valence-corrected chi connectivity index (χ0v) is 12.4. The lowest BCUT2D eigenvalue weighted by Crippen LogP contribution is -2.31. The maximum absolute atomic E-state index is 12.8. The first-order chi connectivity index (χ1) is 10.3. The van der Waals surface area contributed by atoms with Crippen LogP contribution in [0.15, 0.2) is 24.4 Å². The Kier molecular flexibility index (Phi) is 4.25. The summed E-state index contributed by atoms with van der Waals surface area (Å²) in [6.45, 7) is 4.61. The van der Waals surface area contributed by atoms with Crippen LogP contribution in [0, 0.1) is 5.92 Å². The highest BCUT2D eigenvalue weighted by atomic mass is 16.5. The zero-order valence-electron chi connectivity index (χ0n) is 12.4. The van der Waals surface area contributed by atoms with Gasteiger partial charge < -0.3 is 15.0 Å². The second-order valence-electron chi connectivity index (χ2n) is 5.62. The maximum Gasteiger partial charge on any atom is 0.168 e. The SMILES string of the molecule is CCCOc1cccc2[nH]cc(C(=O)C3CCNCC3)c12. The van der Waals surface area contributed by atoms with E-state index in [4.69, 9.17) is 4.74 Å². The number of fused-ring (bicyclic) bond motifs is 1. The van der Waals surface area contributed by atoms with Crippen LogP contribution in [0.25, 0.3) is 10.9 Å². The molecule has 3 rings (SSSR count). The molecule has 0 aliphatic carbocycles. The Balaban J connectivity index is 1.95. The van der Waals surface area contributed by atoms with E-state index in [0.29, 0.717) is 6.61 Å². The van der Waals surface area contributed by atoms with Gasteiger partial charge in [0.2, 0.25) is 0 Å². The smallest absolute Gasteiger partial charge is 0.168 e. The zero-order chi connectivity index (χ0) is 14.7. The monoisotopic (exact) mass is 286 g/mol. The Morgan fingerprint density at radius 1 is 1.33 bits per heavy atom. The van der Waals surface area contributed by atoms with Crippen LogP contribution in [0.3, 0.4) is 0 Å². The Bertz CT molecular complexity index is 627. The average Bonchev–Trinajstić information content (AvgIpc) is 2.97. The molecule has 2 aromatic rings. The molecule has 0 atom stereocenters. The number of ether oxygens (including phenoxy) is 1. The van der Waals surface area contributed by atoms with Crippen molar-refractivity contribution >= 4 is 16.7 Å². The minimum absolute atomic E-state index is 0.129. The van der Waals surface area contributed by atoms with Crippen molar-refractivity contribution in [3.8, 4) is 5.75 Å². The molecule has 2 N–H and O–H groups in total. The van der Waals surface area contributed by atoms with Crippen molar-refractivity contribution < 1.29 is 9.53 Å². The van der Waals surface area contributed by atoms with E-state index in [2.05, 4.69) is 17.2 Å². The van der Waals surface area contributed by atoms with E-state index in [9.17, 15) is 4.79 Å². The fourth-order valence-electron chi connectivity index (χ4n) is 2.98. The quantitative estimate of drug-likeness (QED) is 0.830. The van der Waals surface area contributed by atoms with E-state index in [1.807, 2.05) is 24.4 Å². The minimum Gasteiger partial charge on any atom is -0.493 e. The van der Waals surface area contributed by atoms with E-state index < -0.39 is 0 Å². The molecule has 0 amide bonds. The van der Waals surface area contributed by atoms with Gasteiger partial charge >= 0.3 is 0 Å². The third kappa shape index (κ3) is 2.81. The fourth-order valence-corrected chi connectivity index (χ4v) is 2.98. The van der Waals surface area contributed by atoms with Gasteiger partial charge in [-0.05, 0) is 44.5 Å². The molecule has 4 nitrogen and oxygen atoms in total. The van der Waals surface area contributed by atoms with Crippen molar-refractivity contribution in [1.29, 1.82) is 0 Å². The summed E-state index contributed by atoms with van der Waals surface area (Å²) >= 11 is 0. The van der Waals surface area contributed by atoms with Crippen molar-refractivity contribution in [1.82, 2.24) is 10.3 Å². The van der Waals surface area contributed by atoms with Crippen LogP contribution in [0.1, 0.15) is 36.5 Å². The van der Waals surface area contributed by atoms with E-state index >= 15 is 0 Å². The second kappa shape index (κ2) is 6.31. The molecule has 1 saturated heterocycles. The molecule has 0 spiro atoms. The number of Topliss-reactive ketones (excluding diaryl/α,β-unsaturated/α-hetero) is 1. The molecule has 1 fully saturated rings. The number of hydrogen-bond acceptors (Lipinski definition) is 3. The first kappa shape index (κ1) is 14.1. The number of carbonyl (C=O) groups excluding carboxylic acids is 1. The average molecular weight is 286 g/mol. The van der Waals surface area contributed by atoms with E-state index in [1.165, 1.54) is 0 Å². The van der Waals surface area contributed by atoms with Gasteiger partial charge in [0.15, 0.2) is 5.78 Å². The molecule has 0 unspecified atom stereocenters. The summed E-state index contributed by atoms with van der Waals surface area (Å²) in [6.07, 6.45) is 4.64. The molecule has 2 heterocycles. The predicted molar refractivity (Wildman–Crippen MR) is 84.0 cm³/mol. The molecule has 1 aromatic heterocycles. The number of H-pyrrole nitrogens is 1. The lowest BCUT2D eigenvalue weighted by Gasteiger charge is -2.21. The van der Waals surface area contributed by atoms with Crippen LogP contribution in [-0.2, 0) is 0 Å². The second-order valence-corrected chi connectivity index (χ2v) is 5.62. The third-order valence-electron chi connectivity index (χ3n) is 4.10. The molecule has 112 valence electrons. The summed E-state index contributed by atoms with van der Waals surface area (Å²) in [5.74, 6) is 1.19. The van der Waals surface area contributed by atoms with Gasteiger partial charge in [0.25, 0.3) is 0 Å². The van der Waals surface area contributed by atoms with Crippen LogP contribution in [0.5, 0.6) is 5.75 Å². The lowest BCUT2D eigenvalue weighted by atomic mass is 9.89. The molecule has 1 aliphatic heterocycles. The number of hydrogen-bond donors (Lipinski definition) is 2. The molecule has 0 radical (unpaired) electrons. The van der Waals surface area contributed by atoms with Gasteiger partial charge in [0.1, 0.15) is 5.75 Å². The summed E-state index contributed by atoms with van der Waals surface area (Å²) in [5.41, 5.74) is 1.75. The van der Waals surface area contributed by atoms with E-state index in [0.717, 1.165) is 54.6 Å². The third-order valence-corrected chi connectivity index (χ3v) is 4.10. The number of piperidine rings is 1. The molecular weight excluding hydrogens is 264 g/mol. The topological polar surface area (TPSA) is 54.1 Å². The van der Waals surface area contributed by atoms with Crippen molar-refractivity contribution in [2.45, 2.75) is 26.2 Å². The fraction of sp³-hybridized carbons (Fsp3) is 0.471. The summed E-state index contributed by atoms with van der Waals surface area (Å²) in [6, 6.07) is 5.90. The summed E-state index contributed by atoms with van der Waals surface area (Å²) < 4.78 is 5.82. The molecule has 0 saturated carbocycles. The van der Waals surface area contributed by atoms with Crippen LogP contribution in [0.4, 0.5) is 0 Å². The highest BCUT2D eigenvalue weighted by Gasteiger charge is 2.25. The Morgan fingerprint density at radius 2 is 2.14 bits per heavy atom. The Labute approximate surface area is 124 Å². The van der Waals surface area contributed by atoms with E-state index in [-0.39, 0.29) is 11.7 Å². The molecule has 1 aromatic carbocycles. The van der Waals surface area contributed by atoms with Gasteiger partial charge in [0.05, 0.1) is 12.0 Å². The lowest BCUT2D eigenvalue weighted by molar-refractivity contribution is 0.0896. The van der Waals surface area contributed by atoms with Gasteiger partial charge in [-0.1, -0.05) is 13.0 Å². The van der Waals surface area contributed by atoms with Gasteiger partial charge in [-0.2, -0.15) is 0 Å². The standard InChI is InChI=1S/C17H22N2O2/c1-2-10-21-15-5-3-4-14-16(15)13(11-19-14)17(20)12-6-8-18-9-7-12/h3-5,11-12,18-19H,2,6-10H2,1H3. The number of ketones is 1. The highest BCUT2D eigenvalue weighted by molar-refractivity contribution is 6.10. The maximum atomic E-state index is 12.8. The Hall–Kier alpha value is -1.81. The molecule has 0 bridgehead atoms. The van der Waals surface area contributed by atoms with Crippen molar-refractivity contribution in [2.75, 3.05) is 19.7 Å². The van der Waals surface area contributed by atoms with Crippen molar-refractivity contribution in [3.63, 3.8) is 0 Å². The number of benzene rings is 1. The van der Waals surface area contributed by atoms with Gasteiger partial charge in [0, 0.05) is 23.2 Å². The minimum atomic E-state index is 0.129. The van der Waals surface area contributed by atoms with Crippen molar-refractivity contribution in [3.05, 3.63) is 30.0 Å². The molecule has 21 heavy (non-hydrogen) atoms. The number of rotatable bonds is 5. The van der Waals surface area contributed by atoms with Crippen molar-refractivity contribution in [2.24, 2.45) is 5.92 Å². The number of carbonyl (C=O) groups is 1. The first-order valence-electron chi connectivity index (χ1n) is 7.79. The largest absolute Gasteiger partial charge is 0.493 e. The molecule has 1 aliphatic rings. The highest BCUT2D eigenvalue weighted by Crippen LogP contribution is 2.31. The number of nitrogens with one attached hydrogen (secondary N) is 2. The van der Waals surface area contributed by atoms with Gasteiger partial charge in [-0.25, -0.2) is 0 Å². The van der Waals surface area contributed by atoms with Gasteiger partial charge in [-0.15, -0.1) is 0 Å². The van der Waals surface area contributed by atoms with Crippen LogP contribution >= 0.6 is 0 Å². The summed E-state index contributed by atoms with van der Waals surface area (Å²) in [7, 11) is 0. The molecular formula is C17H22N2O2. The summed E-state index contributed by atoms with van der Waals surface area (Å²) in [4.78, 5) is 16.0. The first-order valence-corrected chi connectivity index (χ1v) is 7.79. The van der Waals surface area contributed by atoms with Gasteiger partial charge in [-0.3, -0.25) is 4.79 Å².